The monoisotopic (exact) mass is 308 g/mol. The van der Waals surface area contributed by atoms with E-state index in [1.54, 1.807) is 12.0 Å². The van der Waals surface area contributed by atoms with Gasteiger partial charge in [0.05, 0.1) is 25.9 Å². The van der Waals surface area contributed by atoms with Gasteiger partial charge < -0.3 is 24.8 Å². The largest absolute Gasteiger partial charge is 0.391 e. The van der Waals surface area contributed by atoms with E-state index in [2.05, 4.69) is 5.32 Å². The lowest BCUT2D eigenvalue weighted by atomic mass is 10.1. The fraction of sp³-hybridized carbons (Fsp3) is 0.562. The molecule has 0 spiro atoms. The molecular weight excluding hydrogens is 284 g/mol. The second-order valence-corrected chi connectivity index (χ2v) is 5.42. The van der Waals surface area contributed by atoms with Crippen molar-refractivity contribution in [2.75, 3.05) is 38.7 Å². The minimum atomic E-state index is -0.417. The molecule has 0 unspecified atom stereocenters. The molecule has 1 atom stereocenters. The first kappa shape index (κ1) is 16.7. The van der Waals surface area contributed by atoms with Gasteiger partial charge in [-0.1, -0.05) is 12.1 Å². The Morgan fingerprint density at radius 3 is 3.09 bits per heavy atom. The van der Waals surface area contributed by atoms with Gasteiger partial charge in [0.15, 0.2) is 0 Å². The Bertz CT molecular complexity index is 481. The van der Waals surface area contributed by atoms with Crippen molar-refractivity contribution in [3.63, 3.8) is 0 Å². The number of anilines is 1. The Morgan fingerprint density at radius 2 is 2.32 bits per heavy atom. The van der Waals surface area contributed by atoms with Gasteiger partial charge in [0.1, 0.15) is 0 Å². The summed E-state index contributed by atoms with van der Waals surface area (Å²) in [4.78, 5) is 13.8. The van der Waals surface area contributed by atoms with Crippen LogP contribution in [0.5, 0.6) is 0 Å². The molecule has 2 rings (SSSR count). The van der Waals surface area contributed by atoms with Crippen molar-refractivity contribution in [1.82, 2.24) is 4.90 Å². The molecule has 2 amide bonds. The fourth-order valence-electron chi connectivity index (χ4n) is 2.41. The van der Waals surface area contributed by atoms with Gasteiger partial charge >= 0.3 is 6.03 Å². The number of aliphatic hydroxyl groups excluding tert-OH is 1. The molecule has 1 aromatic carbocycles. The topological polar surface area (TPSA) is 71.0 Å². The molecule has 1 aliphatic rings. The Morgan fingerprint density at radius 1 is 1.45 bits per heavy atom. The van der Waals surface area contributed by atoms with Gasteiger partial charge in [-0.25, -0.2) is 4.79 Å². The van der Waals surface area contributed by atoms with Crippen molar-refractivity contribution in [2.45, 2.75) is 25.6 Å². The number of ether oxygens (including phenoxy) is 2. The summed E-state index contributed by atoms with van der Waals surface area (Å²) in [5.41, 5.74) is 1.73. The Kier molecular flexibility index (Phi) is 6.64. The first-order valence-corrected chi connectivity index (χ1v) is 7.58. The van der Waals surface area contributed by atoms with E-state index in [0.717, 1.165) is 24.1 Å². The third-order valence-electron chi connectivity index (χ3n) is 3.56. The van der Waals surface area contributed by atoms with Gasteiger partial charge in [0.2, 0.25) is 0 Å². The average molecular weight is 308 g/mol. The summed E-state index contributed by atoms with van der Waals surface area (Å²) in [6.45, 7) is 2.66. The maximum absolute atomic E-state index is 12.2. The number of hydrogen-bond donors (Lipinski definition) is 2. The third kappa shape index (κ3) is 5.29. The molecular formula is C16H24N2O4. The van der Waals surface area contributed by atoms with Crippen LogP contribution in [0, 0.1) is 0 Å². The predicted octanol–water partition coefficient (Wildman–Crippen LogP) is 1.84. The molecule has 22 heavy (non-hydrogen) atoms. The maximum atomic E-state index is 12.2. The summed E-state index contributed by atoms with van der Waals surface area (Å²) in [5.74, 6) is 0. The molecule has 0 aliphatic carbocycles. The summed E-state index contributed by atoms with van der Waals surface area (Å²) < 4.78 is 10.4. The number of likely N-dealkylation sites (tertiary alicyclic amines) is 1. The fourth-order valence-corrected chi connectivity index (χ4v) is 2.41. The highest BCUT2D eigenvalue weighted by Crippen LogP contribution is 2.15. The van der Waals surface area contributed by atoms with Gasteiger partial charge in [-0.15, -0.1) is 0 Å². The number of hydrogen-bond acceptors (Lipinski definition) is 4. The third-order valence-corrected chi connectivity index (χ3v) is 3.56. The smallest absolute Gasteiger partial charge is 0.321 e. The Balaban J connectivity index is 1.85. The number of carbonyl (C=O) groups is 1. The number of piperidine rings is 1. The number of urea groups is 1. The number of amides is 2. The summed E-state index contributed by atoms with van der Waals surface area (Å²) in [6.07, 6.45) is 1.18. The molecule has 0 saturated carbocycles. The van der Waals surface area contributed by atoms with Crippen LogP contribution in [0.1, 0.15) is 18.4 Å². The zero-order valence-corrected chi connectivity index (χ0v) is 13.0. The van der Waals surface area contributed by atoms with E-state index in [0.29, 0.717) is 32.9 Å². The number of aliphatic hydroxyl groups is 1. The van der Waals surface area contributed by atoms with Crippen LogP contribution >= 0.6 is 0 Å². The zero-order chi connectivity index (χ0) is 15.8. The van der Waals surface area contributed by atoms with Crippen molar-refractivity contribution < 1.29 is 19.4 Å². The van der Waals surface area contributed by atoms with Gasteiger partial charge in [0, 0.05) is 25.9 Å². The number of carbonyl (C=O) groups excluding carboxylic acids is 1. The van der Waals surface area contributed by atoms with Crippen LogP contribution < -0.4 is 5.32 Å². The minimum Gasteiger partial charge on any atom is -0.391 e. The second kappa shape index (κ2) is 8.73. The number of nitrogens with zero attached hydrogens (tertiary/aromatic N) is 1. The highest BCUT2D eigenvalue weighted by molar-refractivity contribution is 5.89. The van der Waals surface area contributed by atoms with Gasteiger partial charge in [-0.2, -0.15) is 0 Å². The van der Waals surface area contributed by atoms with Crippen LogP contribution in [0.3, 0.4) is 0 Å². The van der Waals surface area contributed by atoms with Gasteiger partial charge in [-0.3, -0.25) is 0 Å². The van der Waals surface area contributed by atoms with Crippen molar-refractivity contribution in [1.29, 1.82) is 0 Å². The van der Waals surface area contributed by atoms with Crippen molar-refractivity contribution in [2.24, 2.45) is 0 Å². The molecule has 1 fully saturated rings. The molecule has 6 nitrogen and oxygen atoms in total. The first-order chi connectivity index (χ1) is 10.7. The van der Waals surface area contributed by atoms with E-state index in [1.165, 1.54) is 0 Å². The first-order valence-electron chi connectivity index (χ1n) is 7.58. The molecule has 2 N–H and O–H groups in total. The number of methoxy groups -OCH3 is 1. The van der Waals surface area contributed by atoms with Crippen molar-refractivity contribution >= 4 is 11.7 Å². The molecule has 122 valence electrons. The standard InChI is InChI=1S/C16H24N2O4/c1-21-8-9-22-12-13-4-2-5-14(10-13)17-16(20)18-7-3-6-15(19)11-18/h2,4-5,10,15,19H,3,6-9,11-12H2,1H3,(H,17,20)/t15-/m0/s1. The van der Waals surface area contributed by atoms with Crippen LogP contribution in [0.4, 0.5) is 10.5 Å². The van der Waals surface area contributed by atoms with Crippen LogP contribution in [0.15, 0.2) is 24.3 Å². The molecule has 0 aromatic heterocycles. The number of rotatable bonds is 6. The molecule has 0 bridgehead atoms. The maximum Gasteiger partial charge on any atom is 0.321 e. The average Bonchev–Trinajstić information content (AvgIpc) is 2.52. The predicted molar refractivity (Wildman–Crippen MR) is 83.8 cm³/mol. The van der Waals surface area contributed by atoms with E-state index < -0.39 is 6.10 Å². The van der Waals surface area contributed by atoms with Crippen molar-refractivity contribution in [3.8, 4) is 0 Å². The van der Waals surface area contributed by atoms with Crippen LogP contribution in [0.2, 0.25) is 0 Å². The lowest BCUT2D eigenvalue weighted by molar-refractivity contribution is 0.0617. The summed E-state index contributed by atoms with van der Waals surface area (Å²) >= 11 is 0. The molecule has 1 aliphatic heterocycles. The highest BCUT2D eigenvalue weighted by atomic mass is 16.5. The second-order valence-electron chi connectivity index (χ2n) is 5.42. The van der Waals surface area contributed by atoms with E-state index in [9.17, 15) is 9.90 Å². The van der Waals surface area contributed by atoms with Crippen LogP contribution in [0.25, 0.3) is 0 Å². The zero-order valence-electron chi connectivity index (χ0n) is 13.0. The summed E-state index contributed by atoms with van der Waals surface area (Å²) in [5, 5.41) is 12.5. The summed E-state index contributed by atoms with van der Waals surface area (Å²) in [7, 11) is 1.64. The van der Waals surface area contributed by atoms with E-state index >= 15 is 0 Å². The van der Waals surface area contributed by atoms with Gasteiger partial charge in [0.25, 0.3) is 0 Å². The van der Waals surface area contributed by atoms with Crippen LogP contribution in [-0.4, -0.2) is 55.6 Å². The van der Waals surface area contributed by atoms with E-state index in [4.69, 9.17) is 9.47 Å². The molecule has 1 heterocycles. The van der Waals surface area contributed by atoms with Crippen LogP contribution in [-0.2, 0) is 16.1 Å². The highest BCUT2D eigenvalue weighted by Gasteiger charge is 2.21. The number of nitrogens with one attached hydrogen (secondary N) is 1. The minimum absolute atomic E-state index is 0.170. The number of benzene rings is 1. The van der Waals surface area contributed by atoms with Gasteiger partial charge in [-0.05, 0) is 30.5 Å². The van der Waals surface area contributed by atoms with E-state index in [-0.39, 0.29) is 6.03 Å². The summed E-state index contributed by atoms with van der Waals surface area (Å²) in [6, 6.07) is 7.40. The van der Waals surface area contributed by atoms with Crippen molar-refractivity contribution in [3.05, 3.63) is 29.8 Å². The normalized spacial score (nSPS) is 18.3. The quantitative estimate of drug-likeness (QED) is 0.787. The molecule has 6 heteroatoms. The Hall–Kier alpha value is -1.63. The lowest BCUT2D eigenvalue weighted by Gasteiger charge is -2.30. The molecule has 1 saturated heterocycles. The molecule has 0 radical (unpaired) electrons. The van der Waals surface area contributed by atoms with E-state index in [1.807, 2.05) is 24.3 Å². The number of β-amino-alcohol motifs (C(OH)–C–C–N with tert-alkyl or cyclic N) is 1. The Labute approximate surface area is 131 Å². The lowest BCUT2D eigenvalue weighted by Crippen LogP contribution is -2.44. The molecule has 1 aromatic rings. The SMILES string of the molecule is COCCOCc1cccc(NC(=O)N2CCC[C@H](O)C2)c1.